The topological polar surface area (TPSA) is 26.3 Å². The predicted molar refractivity (Wildman–Crippen MR) is 87.5 cm³/mol. The number of hydrogen-bond acceptors (Lipinski definition) is 2. The highest BCUT2D eigenvalue weighted by Gasteiger charge is 2.57. The fraction of sp³-hybridized carbons (Fsp3) is 0.850. The molecule has 0 saturated heterocycles. The second-order valence-corrected chi connectivity index (χ2v) is 8.65. The van der Waals surface area contributed by atoms with E-state index in [9.17, 15) is 9.18 Å². The SMILES string of the molecule is CC(=O)OC1CC[C@H]2[C@@H]3CC=C4CC(F)CC[C@@H]4[C@H]3CC[C@]12C. The standard InChI is InChI=1S/C20H29FO2/c1-12(22)23-19-8-7-18-17-5-3-13-11-14(21)4-6-15(13)16(17)9-10-20(18,19)2/h3,14-19H,4-11H2,1-2H3/t14?,15-,16+,17+,18-,19?,20-/m0/s1. The molecule has 0 amide bonds. The van der Waals surface area contributed by atoms with Gasteiger partial charge in [0.2, 0.25) is 0 Å². The Hall–Kier alpha value is -0.860. The van der Waals surface area contributed by atoms with Crippen molar-refractivity contribution in [1.82, 2.24) is 0 Å². The van der Waals surface area contributed by atoms with Crippen LogP contribution in [0.2, 0.25) is 0 Å². The maximum Gasteiger partial charge on any atom is 0.302 e. The summed E-state index contributed by atoms with van der Waals surface area (Å²) in [6.45, 7) is 3.89. The molecule has 4 aliphatic carbocycles. The lowest BCUT2D eigenvalue weighted by atomic mass is 9.53. The minimum Gasteiger partial charge on any atom is -0.462 e. The molecular formula is C20H29FO2. The van der Waals surface area contributed by atoms with Crippen molar-refractivity contribution in [2.24, 2.45) is 29.1 Å². The van der Waals surface area contributed by atoms with E-state index < -0.39 is 6.17 Å². The van der Waals surface area contributed by atoms with Gasteiger partial charge in [-0.15, -0.1) is 0 Å². The van der Waals surface area contributed by atoms with Crippen LogP contribution in [0.15, 0.2) is 11.6 Å². The summed E-state index contributed by atoms with van der Waals surface area (Å²) >= 11 is 0. The molecule has 7 atom stereocenters. The van der Waals surface area contributed by atoms with Crippen molar-refractivity contribution in [3.05, 3.63) is 11.6 Å². The first-order valence-corrected chi connectivity index (χ1v) is 9.49. The first-order chi connectivity index (χ1) is 11.0. The van der Waals surface area contributed by atoms with Gasteiger partial charge in [-0.2, -0.15) is 0 Å². The van der Waals surface area contributed by atoms with Crippen molar-refractivity contribution in [2.75, 3.05) is 0 Å². The number of alkyl halides is 1. The molecule has 0 heterocycles. The summed E-state index contributed by atoms with van der Waals surface area (Å²) in [6, 6.07) is 0. The van der Waals surface area contributed by atoms with Crippen LogP contribution in [0.3, 0.4) is 0 Å². The number of allylic oxidation sites excluding steroid dienone is 2. The minimum atomic E-state index is -0.609. The molecule has 0 radical (unpaired) electrons. The van der Waals surface area contributed by atoms with Crippen molar-refractivity contribution >= 4 is 5.97 Å². The highest BCUT2D eigenvalue weighted by molar-refractivity contribution is 5.66. The van der Waals surface area contributed by atoms with Gasteiger partial charge in [0.05, 0.1) is 0 Å². The number of ether oxygens (including phenoxy) is 1. The van der Waals surface area contributed by atoms with Crippen LogP contribution < -0.4 is 0 Å². The molecule has 128 valence electrons. The summed E-state index contributed by atoms with van der Waals surface area (Å²) in [6.07, 6.45) is 10.1. The third-order valence-corrected chi connectivity index (χ3v) is 7.61. The Kier molecular flexibility index (Phi) is 3.81. The summed E-state index contributed by atoms with van der Waals surface area (Å²) < 4.78 is 19.4. The van der Waals surface area contributed by atoms with Crippen molar-refractivity contribution in [2.45, 2.75) is 77.5 Å². The summed E-state index contributed by atoms with van der Waals surface area (Å²) in [5.74, 6) is 2.64. The zero-order valence-corrected chi connectivity index (χ0v) is 14.4. The van der Waals surface area contributed by atoms with E-state index in [4.69, 9.17) is 4.74 Å². The van der Waals surface area contributed by atoms with Crippen molar-refractivity contribution in [3.8, 4) is 0 Å². The summed E-state index contributed by atoms with van der Waals surface area (Å²) in [5, 5.41) is 0. The molecule has 2 unspecified atom stereocenters. The number of hydrogen-bond donors (Lipinski definition) is 0. The van der Waals surface area contributed by atoms with Crippen LogP contribution in [0.4, 0.5) is 4.39 Å². The fourth-order valence-corrected chi connectivity index (χ4v) is 6.57. The van der Waals surface area contributed by atoms with Gasteiger partial charge in [-0.05, 0) is 75.0 Å². The third-order valence-electron chi connectivity index (χ3n) is 7.61. The van der Waals surface area contributed by atoms with Crippen molar-refractivity contribution in [1.29, 1.82) is 0 Å². The zero-order valence-electron chi connectivity index (χ0n) is 14.4. The number of rotatable bonds is 1. The van der Waals surface area contributed by atoms with Gasteiger partial charge in [0.15, 0.2) is 0 Å². The number of halogens is 1. The molecule has 0 N–H and O–H groups in total. The van der Waals surface area contributed by atoms with Gasteiger partial charge in [-0.25, -0.2) is 4.39 Å². The molecule has 4 aliphatic rings. The smallest absolute Gasteiger partial charge is 0.302 e. The molecule has 3 heteroatoms. The Morgan fingerprint density at radius 3 is 2.83 bits per heavy atom. The molecule has 3 fully saturated rings. The highest BCUT2D eigenvalue weighted by atomic mass is 19.1. The van der Waals surface area contributed by atoms with Crippen LogP contribution in [0.5, 0.6) is 0 Å². The molecule has 23 heavy (non-hydrogen) atoms. The first-order valence-electron chi connectivity index (χ1n) is 9.49. The zero-order chi connectivity index (χ0) is 16.2. The number of esters is 1. The Balaban J connectivity index is 1.57. The summed E-state index contributed by atoms with van der Waals surface area (Å²) in [4.78, 5) is 11.5. The molecule has 0 spiro atoms. The van der Waals surface area contributed by atoms with E-state index in [1.807, 2.05) is 0 Å². The van der Waals surface area contributed by atoms with Gasteiger partial charge in [0.1, 0.15) is 12.3 Å². The summed E-state index contributed by atoms with van der Waals surface area (Å²) in [7, 11) is 0. The molecular weight excluding hydrogens is 291 g/mol. The molecule has 0 aliphatic heterocycles. The molecule has 0 aromatic carbocycles. The molecule has 3 saturated carbocycles. The Bertz CT molecular complexity index is 528. The lowest BCUT2D eigenvalue weighted by Gasteiger charge is -2.53. The first kappa shape index (κ1) is 15.7. The average Bonchev–Trinajstić information content (AvgIpc) is 2.83. The van der Waals surface area contributed by atoms with E-state index in [2.05, 4.69) is 13.0 Å². The van der Waals surface area contributed by atoms with Crippen LogP contribution >= 0.6 is 0 Å². The highest BCUT2D eigenvalue weighted by Crippen LogP contribution is 2.62. The number of fused-ring (bicyclic) bond motifs is 5. The van der Waals surface area contributed by atoms with Gasteiger partial charge in [-0.3, -0.25) is 4.79 Å². The van der Waals surface area contributed by atoms with E-state index in [1.54, 1.807) is 0 Å². The number of carbonyl (C=O) groups excluding carboxylic acids is 1. The quantitative estimate of drug-likeness (QED) is 0.511. The van der Waals surface area contributed by atoms with Gasteiger partial charge >= 0.3 is 5.97 Å². The van der Waals surface area contributed by atoms with Gasteiger partial charge in [-0.1, -0.05) is 18.6 Å². The molecule has 2 nitrogen and oxygen atoms in total. The molecule has 0 aromatic heterocycles. The average molecular weight is 320 g/mol. The predicted octanol–water partition coefficient (Wildman–Crippen LogP) is 4.83. The molecule has 4 rings (SSSR count). The maximum absolute atomic E-state index is 13.7. The fourth-order valence-electron chi connectivity index (χ4n) is 6.57. The van der Waals surface area contributed by atoms with Crippen LogP contribution in [-0.4, -0.2) is 18.2 Å². The molecule has 0 aromatic rings. The van der Waals surface area contributed by atoms with Crippen LogP contribution in [-0.2, 0) is 9.53 Å². The minimum absolute atomic E-state index is 0.109. The normalized spacial score (nSPS) is 48.7. The second-order valence-electron chi connectivity index (χ2n) is 8.65. The van der Waals surface area contributed by atoms with E-state index in [0.29, 0.717) is 18.3 Å². The van der Waals surface area contributed by atoms with Crippen LogP contribution in [0.1, 0.15) is 65.2 Å². The van der Waals surface area contributed by atoms with E-state index in [1.165, 1.54) is 31.8 Å². The van der Waals surface area contributed by atoms with E-state index in [-0.39, 0.29) is 17.5 Å². The van der Waals surface area contributed by atoms with E-state index >= 15 is 0 Å². The van der Waals surface area contributed by atoms with Gasteiger partial charge in [0.25, 0.3) is 0 Å². The second kappa shape index (κ2) is 5.60. The largest absolute Gasteiger partial charge is 0.462 e. The van der Waals surface area contributed by atoms with Crippen LogP contribution in [0, 0.1) is 29.1 Å². The third kappa shape index (κ3) is 2.46. The monoisotopic (exact) mass is 320 g/mol. The van der Waals surface area contributed by atoms with Gasteiger partial charge < -0.3 is 4.74 Å². The lowest BCUT2D eigenvalue weighted by molar-refractivity contribution is -0.155. The van der Waals surface area contributed by atoms with Crippen molar-refractivity contribution in [3.63, 3.8) is 0 Å². The molecule has 0 bridgehead atoms. The van der Waals surface area contributed by atoms with Crippen LogP contribution in [0.25, 0.3) is 0 Å². The summed E-state index contributed by atoms with van der Waals surface area (Å²) in [5.41, 5.74) is 1.58. The Morgan fingerprint density at radius 1 is 1.22 bits per heavy atom. The Morgan fingerprint density at radius 2 is 2.04 bits per heavy atom. The lowest BCUT2D eigenvalue weighted by Crippen LogP contribution is -2.48. The maximum atomic E-state index is 13.7. The number of carbonyl (C=O) groups is 1. The van der Waals surface area contributed by atoms with Crippen molar-refractivity contribution < 1.29 is 13.9 Å². The van der Waals surface area contributed by atoms with Gasteiger partial charge in [0, 0.05) is 12.3 Å². The Labute approximate surface area is 138 Å². The van der Waals surface area contributed by atoms with E-state index in [0.717, 1.165) is 37.5 Å².